The first-order valence-electron chi connectivity index (χ1n) is 12.3. The van der Waals surface area contributed by atoms with Gasteiger partial charge in [-0.2, -0.15) is 0 Å². The van der Waals surface area contributed by atoms with Crippen molar-refractivity contribution in [3.8, 4) is 0 Å². The van der Waals surface area contributed by atoms with Crippen LogP contribution in [0.4, 0.5) is 0 Å². The molecule has 1 fully saturated rings. The third-order valence-electron chi connectivity index (χ3n) is 6.56. The average molecular weight is 497 g/mol. The molecule has 2 heterocycles. The minimum Gasteiger partial charge on any atom is -0.452 e. The summed E-state index contributed by atoms with van der Waals surface area (Å²) in [6, 6.07) is 24.4. The van der Waals surface area contributed by atoms with Crippen LogP contribution in [0.5, 0.6) is 0 Å². The molecule has 1 saturated heterocycles. The zero-order valence-corrected chi connectivity index (χ0v) is 20.4. The Bertz CT molecular complexity index is 1460. The van der Waals surface area contributed by atoms with Gasteiger partial charge >= 0.3 is 5.97 Å². The molecule has 0 saturated carbocycles. The first-order chi connectivity index (χ1) is 18.1. The van der Waals surface area contributed by atoms with Gasteiger partial charge in [0.05, 0.1) is 16.5 Å². The topological polar surface area (TPSA) is 95.6 Å². The summed E-state index contributed by atoms with van der Waals surface area (Å²) in [6.45, 7) is 3.28. The van der Waals surface area contributed by atoms with Gasteiger partial charge in [0.15, 0.2) is 6.61 Å². The highest BCUT2D eigenvalue weighted by Gasteiger charge is 2.23. The Morgan fingerprint density at radius 1 is 0.865 bits per heavy atom. The largest absolute Gasteiger partial charge is 0.452 e. The molecule has 0 bridgehead atoms. The van der Waals surface area contributed by atoms with Crippen molar-refractivity contribution >= 4 is 22.8 Å². The molecular weight excluding hydrogens is 468 g/mol. The van der Waals surface area contributed by atoms with E-state index in [1.807, 2.05) is 30.3 Å². The number of para-hydroxylation sites is 1. The Hall–Kier alpha value is -4.30. The molecule has 0 unspecified atom stereocenters. The van der Waals surface area contributed by atoms with Crippen LogP contribution in [0.2, 0.25) is 0 Å². The fraction of sp³-hybridized carbons (Fsp3) is 0.241. The smallest absolute Gasteiger partial charge is 0.338 e. The van der Waals surface area contributed by atoms with E-state index in [-0.39, 0.29) is 24.5 Å². The number of nitrogens with zero attached hydrogens (tertiary/aromatic N) is 3. The van der Waals surface area contributed by atoms with Crippen LogP contribution in [0.15, 0.2) is 83.7 Å². The maximum Gasteiger partial charge on any atom is 0.338 e. The lowest BCUT2D eigenvalue weighted by atomic mass is 10.0. The molecule has 8 nitrogen and oxygen atoms in total. The van der Waals surface area contributed by atoms with E-state index in [0.29, 0.717) is 40.9 Å². The van der Waals surface area contributed by atoms with Crippen molar-refractivity contribution in [2.75, 3.05) is 32.8 Å². The van der Waals surface area contributed by atoms with E-state index in [1.54, 1.807) is 41.3 Å². The van der Waals surface area contributed by atoms with E-state index < -0.39 is 5.97 Å². The number of H-pyrrole nitrogens is 1. The second kappa shape index (κ2) is 11.2. The third kappa shape index (κ3) is 5.92. The van der Waals surface area contributed by atoms with E-state index in [0.717, 1.165) is 19.6 Å². The number of amides is 1. The van der Waals surface area contributed by atoms with E-state index >= 15 is 0 Å². The number of carbonyl (C=O) groups excluding carboxylic acids is 2. The second-order valence-corrected chi connectivity index (χ2v) is 9.08. The lowest BCUT2D eigenvalue weighted by Gasteiger charge is -2.34. The molecule has 4 aromatic rings. The molecule has 188 valence electrons. The van der Waals surface area contributed by atoms with Crippen molar-refractivity contribution in [2.24, 2.45) is 0 Å². The van der Waals surface area contributed by atoms with Gasteiger partial charge in [0.2, 0.25) is 0 Å². The summed E-state index contributed by atoms with van der Waals surface area (Å²) in [5, 5.41) is 0.512. The summed E-state index contributed by atoms with van der Waals surface area (Å²) >= 11 is 0. The second-order valence-electron chi connectivity index (χ2n) is 9.08. The predicted molar refractivity (Wildman–Crippen MR) is 140 cm³/mol. The molecule has 1 N–H and O–H groups in total. The molecule has 1 aliphatic rings. The molecule has 1 amide bonds. The number of aromatic amines is 1. The lowest BCUT2D eigenvalue weighted by molar-refractivity contribution is -0.136. The van der Waals surface area contributed by atoms with E-state index in [1.165, 1.54) is 5.56 Å². The van der Waals surface area contributed by atoms with Gasteiger partial charge in [-0.25, -0.2) is 9.78 Å². The van der Waals surface area contributed by atoms with Crippen LogP contribution in [-0.2, 0) is 22.5 Å². The van der Waals surface area contributed by atoms with Crippen LogP contribution in [0.1, 0.15) is 27.3 Å². The van der Waals surface area contributed by atoms with Crippen molar-refractivity contribution in [3.05, 3.63) is 112 Å². The fourth-order valence-corrected chi connectivity index (χ4v) is 4.57. The van der Waals surface area contributed by atoms with Gasteiger partial charge in [0, 0.05) is 39.1 Å². The molecule has 0 radical (unpaired) electrons. The van der Waals surface area contributed by atoms with Crippen molar-refractivity contribution in [3.63, 3.8) is 0 Å². The maximum absolute atomic E-state index is 12.9. The van der Waals surface area contributed by atoms with Crippen LogP contribution >= 0.6 is 0 Å². The molecule has 8 heteroatoms. The third-order valence-corrected chi connectivity index (χ3v) is 6.56. The summed E-state index contributed by atoms with van der Waals surface area (Å²) in [5.74, 6) is -0.325. The van der Waals surface area contributed by atoms with Crippen LogP contribution < -0.4 is 5.56 Å². The molecular formula is C29H28N4O4. The number of hydrogen-bond acceptors (Lipinski definition) is 6. The normalized spacial score (nSPS) is 14.0. The van der Waals surface area contributed by atoms with Crippen molar-refractivity contribution in [1.82, 2.24) is 19.8 Å². The van der Waals surface area contributed by atoms with Crippen molar-refractivity contribution in [2.45, 2.75) is 13.0 Å². The molecule has 37 heavy (non-hydrogen) atoms. The number of fused-ring (bicyclic) bond motifs is 1. The van der Waals surface area contributed by atoms with Gasteiger partial charge in [-0.05, 0) is 29.3 Å². The standard InChI is InChI=1S/C29H28N4O4/c34-27(33-16-14-32(15-17-33)19-21-8-2-1-3-9-21)20-37-29(36)23-11-5-4-10-22(23)18-26-30-25-13-7-6-12-24(25)28(35)31-26/h1-13H,14-20H2,(H,30,31,35). The van der Waals surface area contributed by atoms with Gasteiger partial charge in [-0.15, -0.1) is 0 Å². The zero-order chi connectivity index (χ0) is 25.6. The Kier molecular flexibility index (Phi) is 7.37. The molecule has 5 rings (SSSR count). The SMILES string of the molecule is O=C(OCC(=O)N1CCN(Cc2ccccc2)CC1)c1ccccc1Cc1nc2ccccc2c(=O)[nH]1. The van der Waals surface area contributed by atoms with Crippen LogP contribution in [-0.4, -0.2) is 64.4 Å². The van der Waals surface area contributed by atoms with Crippen molar-refractivity contribution in [1.29, 1.82) is 0 Å². The minimum absolute atomic E-state index is 0.203. The molecule has 1 aromatic heterocycles. The van der Waals surface area contributed by atoms with Gasteiger partial charge in [0.25, 0.3) is 11.5 Å². The van der Waals surface area contributed by atoms with Gasteiger partial charge in [0.1, 0.15) is 5.82 Å². The Labute approximate surface area is 214 Å². The monoisotopic (exact) mass is 496 g/mol. The number of hydrogen-bond donors (Lipinski definition) is 1. The predicted octanol–water partition coefficient (Wildman–Crippen LogP) is 3.02. The highest BCUT2D eigenvalue weighted by atomic mass is 16.5. The minimum atomic E-state index is -0.574. The first kappa shape index (κ1) is 24.4. The summed E-state index contributed by atoms with van der Waals surface area (Å²) in [5.41, 5.74) is 2.62. The van der Waals surface area contributed by atoms with Crippen molar-refractivity contribution < 1.29 is 14.3 Å². The van der Waals surface area contributed by atoms with Crippen LogP contribution in [0, 0.1) is 0 Å². The van der Waals surface area contributed by atoms with Gasteiger partial charge < -0.3 is 14.6 Å². The number of carbonyl (C=O) groups is 2. The summed E-state index contributed by atoms with van der Waals surface area (Å²) < 4.78 is 5.40. The average Bonchev–Trinajstić information content (AvgIpc) is 2.93. The Morgan fingerprint density at radius 2 is 1.57 bits per heavy atom. The number of nitrogens with one attached hydrogen (secondary N) is 1. The van der Waals surface area contributed by atoms with E-state index in [9.17, 15) is 14.4 Å². The highest BCUT2D eigenvalue weighted by Crippen LogP contribution is 2.15. The van der Waals surface area contributed by atoms with E-state index in [4.69, 9.17) is 4.74 Å². The highest BCUT2D eigenvalue weighted by molar-refractivity contribution is 5.93. The van der Waals surface area contributed by atoms with Gasteiger partial charge in [-0.3, -0.25) is 14.5 Å². The fourth-order valence-electron chi connectivity index (χ4n) is 4.57. The number of ether oxygens (including phenoxy) is 1. The molecule has 1 aliphatic heterocycles. The maximum atomic E-state index is 12.9. The Morgan fingerprint density at radius 3 is 2.38 bits per heavy atom. The number of piperazine rings is 1. The first-order valence-corrected chi connectivity index (χ1v) is 12.3. The number of aromatic nitrogens is 2. The Balaban J connectivity index is 1.17. The van der Waals surface area contributed by atoms with Gasteiger partial charge in [-0.1, -0.05) is 60.7 Å². The molecule has 0 aliphatic carbocycles. The van der Waals surface area contributed by atoms with E-state index in [2.05, 4.69) is 27.0 Å². The lowest BCUT2D eigenvalue weighted by Crippen LogP contribution is -2.49. The number of esters is 1. The van der Waals surface area contributed by atoms with Crippen LogP contribution in [0.3, 0.4) is 0 Å². The molecule has 3 aromatic carbocycles. The quantitative estimate of drug-likeness (QED) is 0.395. The number of rotatable bonds is 7. The molecule has 0 atom stereocenters. The molecule has 0 spiro atoms. The summed E-state index contributed by atoms with van der Waals surface area (Å²) in [7, 11) is 0. The van der Waals surface area contributed by atoms with Crippen LogP contribution in [0.25, 0.3) is 10.9 Å². The summed E-state index contributed by atoms with van der Waals surface area (Å²) in [6.07, 6.45) is 0.253. The zero-order valence-electron chi connectivity index (χ0n) is 20.4. The summed E-state index contributed by atoms with van der Waals surface area (Å²) in [4.78, 5) is 49.4. The number of benzene rings is 3.